The van der Waals surface area contributed by atoms with E-state index in [2.05, 4.69) is 6.07 Å². The standard InChI is InChI=1S/C19H20N2O3/c1-19(2,3)24-18(23)21-10-14(11-22)17-15-6-4-12(9-20)8-13(15)5-7-16(17)21/h4-8,14,22H,10-11H2,1-3H3. The van der Waals surface area contributed by atoms with Crippen LogP contribution in [-0.4, -0.2) is 30.0 Å². The average Bonchev–Trinajstić information content (AvgIpc) is 2.91. The second-order valence-corrected chi connectivity index (χ2v) is 7.02. The predicted molar refractivity (Wildman–Crippen MR) is 92.1 cm³/mol. The van der Waals surface area contributed by atoms with Crippen LogP contribution in [0.4, 0.5) is 10.5 Å². The van der Waals surface area contributed by atoms with Gasteiger partial charge in [0.15, 0.2) is 0 Å². The van der Waals surface area contributed by atoms with Crippen LogP contribution in [0.2, 0.25) is 0 Å². The Balaban J connectivity index is 2.09. The highest BCUT2D eigenvalue weighted by Gasteiger charge is 2.35. The number of aliphatic hydroxyl groups is 1. The van der Waals surface area contributed by atoms with Crippen LogP contribution < -0.4 is 4.90 Å². The molecule has 1 aliphatic heterocycles. The van der Waals surface area contributed by atoms with Crippen LogP contribution >= 0.6 is 0 Å². The fraction of sp³-hybridized carbons (Fsp3) is 0.368. The van der Waals surface area contributed by atoms with Crippen LogP contribution in [0.1, 0.15) is 37.8 Å². The molecule has 0 saturated heterocycles. The van der Waals surface area contributed by atoms with Gasteiger partial charge in [0.1, 0.15) is 5.60 Å². The Morgan fingerprint density at radius 2 is 2.12 bits per heavy atom. The number of rotatable bonds is 1. The number of amides is 1. The van der Waals surface area contributed by atoms with Gasteiger partial charge in [-0.25, -0.2) is 4.79 Å². The van der Waals surface area contributed by atoms with E-state index in [9.17, 15) is 9.90 Å². The molecule has 2 aromatic carbocycles. The molecule has 1 atom stereocenters. The number of nitriles is 1. The summed E-state index contributed by atoms with van der Waals surface area (Å²) in [6, 6.07) is 11.3. The van der Waals surface area contributed by atoms with Crippen LogP contribution in [-0.2, 0) is 4.74 Å². The Labute approximate surface area is 141 Å². The van der Waals surface area contributed by atoms with Gasteiger partial charge in [0.05, 0.1) is 23.9 Å². The Hall–Kier alpha value is -2.58. The number of nitrogens with zero attached hydrogens (tertiary/aromatic N) is 2. The van der Waals surface area contributed by atoms with Crippen LogP contribution in [0, 0.1) is 11.3 Å². The normalized spacial score (nSPS) is 16.8. The minimum absolute atomic E-state index is 0.0502. The molecule has 0 radical (unpaired) electrons. The largest absolute Gasteiger partial charge is 0.443 e. The maximum absolute atomic E-state index is 12.5. The Bertz CT molecular complexity index is 846. The molecule has 0 aliphatic carbocycles. The minimum Gasteiger partial charge on any atom is -0.443 e. The van der Waals surface area contributed by atoms with Crippen LogP contribution in [0.3, 0.4) is 0 Å². The molecule has 24 heavy (non-hydrogen) atoms. The molecule has 0 fully saturated rings. The molecule has 2 aromatic rings. The summed E-state index contributed by atoms with van der Waals surface area (Å²) in [6.07, 6.45) is -0.410. The summed E-state index contributed by atoms with van der Waals surface area (Å²) in [5.74, 6) is -0.163. The maximum Gasteiger partial charge on any atom is 0.414 e. The molecule has 0 saturated carbocycles. The number of ether oxygens (including phenoxy) is 1. The number of hydrogen-bond donors (Lipinski definition) is 1. The molecule has 124 valence electrons. The van der Waals surface area contributed by atoms with Gasteiger partial charge in [-0.1, -0.05) is 12.1 Å². The second kappa shape index (κ2) is 5.81. The monoisotopic (exact) mass is 324 g/mol. The van der Waals surface area contributed by atoms with Crippen molar-refractivity contribution in [2.75, 3.05) is 18.1 Å². The predicted octanol–water partition coefficient (Wildman–Crippen LogP) is 3.54. The van der Waals surface area contributed by atoms with Crippen molar-refractivity contribution >= 4 is 22.6 Å². The lowest BCUT2D eigenvalue weighted by molar-refractivity contribution is 0.0581. The first-order chi connectivity index (χ1) is 11.3. The molecular formula is C19H20N2O3. The first-order valence-electron chi connectivity index (χ1n) is 7.92. The number of carbonyl (C=O) groups is 1. The number of carbonyl (C=O) groups excluding carboxylic acids is 1. The van der Waals surface area contributed by atoms with Gasteiger partial charge in [0, 0.05) is 12.5 Å². The zero-order valence-electron chi connectivity index (χ0n) is 14.0. The van der Waals surface area contributed by atoms with Crippen molar-refractivity contribution in [1.82, 2.24) is 0 Å². The van der Waals surface area contributed by atoms with Crippen molar-refractivity contribution in [2.45, 2.75) is 32.3 Å². The number of fused-ring (bicyclic) bond motifs is 3. The number of hydrogen-bond acceptors (Lipinski definition) is 4. The number of benzene rings is 2. The SMILES string of the molecule is CC(C)(C)OC(=O)N1CC(CO)c2c1ccc1cc(C#N)ccc21. The molecule has 1 N–H and O–H groups in total. The van der Waals surface area contributed by atoms with Gasteiger partial charge in [-0.15, -0.1) is 0 Å². The second-order valence-electron chi connectivity index (χ2n) is 7.02. The van der Waals surface area contributed by atoms with E-state index in [-0.39, 0.29) is 12.5 Å². The van der Waals surface area contributed by atoms with Gasteiger partial charge < -0.3 is 9.84 Å². The summed E-state index contributed by atoms with van der Waals surface area (Å²) < 4.78 is 5.48. The lowest BCUT2D eigenvalue weighted by atomic mass is 9.94. The highest BCUT2D eigenvalue weighted by molar-refractivity contribution is 5.99. The molecule has 5 heteroatoms. The number of anilines is 1. The van der Waals surface area contributed by atoms with Crippen LogP contribution in [0.5, 0.6) is 0 Å². The molecule has 1 amide bonds. The summed E-state index contributed by atoms with van der Waals surface area (Å²) in [4.78, 5) is 14.1. The smallest absolute Gasteiger partial charge is 0.414 e. The maximum atomic E-state index is 12.5. The van der Waals surface area contributed by atoms with Crippen molar-refractivity contribution in [1.29, 1.82) is 5.26 Å². The molecule has 0 spiro atoms. The third-order valence-corrected chi connectivity index (χ3v) is 4.10. The van der Waals surface area contributed by atoms with Crippen molar-refractivity contribution in [3.8, 4) is 6.07 Å². The summed E-state index contributed by atoms with van der Waals surface area (Å²) in [5, 5.41) is 20.7. The van der Waals surface area contributed by atoms with Gasteiger partial charge >= 0.3 is 6.09 Å². The van der Waals surface area contributed by atoms with Crippen molar-refractivity contribution in [3.05, 3.63) is 41.5 Å². The fourth-order valence-electron chi connectivity index (χ4n) is 3.13. The van der Waals surface area contributed by atoms with Gasteiger partial charge in [-0.3, -0.25) is 4.90 Å². The van der Waals surface area contributed by atoms with Gasteiger partial charge in [-0.05, 0) is 55.3 Å². The van der Waals surface area contributed by atoms with Crippen LogP contribution in [0.15, 0.2) is 30.3 Å². The van der Waals surface area contributed by atoms with Gasteiger partial charge in [-0.2, -0.15) is 5.26 Å². The zero-order chi connectivity index (χ0) is 17.5. The summed E-state index contributed by atoms with van der Waals surface area (Å²) in [7, 11) is 0. The molecular weight excluding hydrogens is 304 g/mol. The number of aliphatic hydroxyl groups excluding tert-OH is 1. The molecule has 1 aliphatic rings. The van der Waals surface area contributed by atoms with E-state index in [0.717, 1.165) is 22.0 Å². The quantitative estimate of drug-likeness (QED) is 0.870. The van der Waals surface area contributed by atoms with E-state index in [1.807, 2.05) is 45.0 Å². The summed E-state index contributed by atoms with van der Waals surface area (Å²) in [6.45, 7) is 5.82. The van der Waals surface area contributed by atoms with E-state index >= 15 is 0 Å². The molecule has 5 nitrogen and oxygen atoms in total. The summed E-state index contributed by atoms with van der Waals surface area (Å²) >= 11 is 0. The average molecular weight is 324 g/mol. The third-order valence-electron chi connectivity index (χ3n) is 4.10. The summed E-state index contributed by atoms with van der Waals surface area (Å²) in [5.41, 5.74) is 1.71. The van der Waals surface area contributed by atoms with E-state index in [4.69, 9.17) is 10.00 Å². The highest BCUT2D eigenvalue weighted by atomic mass is 16.6. The highest BCUT2D eigenvalue weighted by Crippen LogP contribution is 2.41. The van der Waals surface area contributed by atoms with E-state index in [1.165, 1.54) is 0 Å². The molecule has 0 aromatic heterocycles. The van der Waals surface area contributed by atoms with Gasteiger partial charge in [0.2, 0.25) is 0 Å². The molecule has 1 heterocycles. The fourth-order valence-corrected chi connectivity index (χ4v) is 3.13. The van der Waals surface area contributed by atoms with Crippen molar-refractivity contribution in [3.63, 3.8) is 0 Å². The van der Waals surface area contributed by atoms with Crippen LogP contribution in [0.25, 0.3) is 10.8 Å². The third kappa shape index (κ3) is 2.81. The van der Waals surface area contributed by atoms with Gasteiger partial charge in [0.25, 0.3) is 0 Å². The molecule has 3 rings (SSSR count). The first kappa shape index (κ1) is 16.3. The Kier molecular flexibility index (Phi) is 3.94. The first-order valence-corrected chi connectivity index (χ1v) is 7.92. The van der Waals surface area contributed by atoms with E-state index in [1.54, 1.807) is 11.0 Å². The van der Waals surface area contributed by atoms with E-state index < -0.39 is 11.7 Å². The van der Waals surface area contributed by atoms with Crippen molar-refractivity contribution < 1.29 is 14.6 Å². The van der Waals surface area contributed by atoms with E-state index in [0.29, 0.717) is 12.1 Å². The lowest BCUT2D eigenvalue weighted by Crippen LogP contribution is -2.36. The topological polar surface area (TPSA) is 73.6 Å². The Morgan fingerprint density at radius 3 is 2.75 bits per heavy atom. The molecule has 0 bridgehead atoms. The molecule has 1 unspecified atom stereocenters. The van der Waals surface area contributed by atoms with Crippen molar-refractivity contribution in [2.24, 2.45) is 0 Å². The minimum atomic E-state index is -0.576. The Morgan fingerprint density at radius 1 is 1.38 bits per heavy atom. The zero-order valence-corrected chi connectivity index (χ0v) is 14.0. The lowest BCUT2D eigenvalue weighted by Gasteiger charge is -2.25.